The van der Waals surface area contributed by atoms with Gasteiger partial charge in [0.2, 0.25) is 0 Å². The molecule has 0 saturated carbocycles. The van der Waals surface area contributed by atoms with E-state index < -0.39 is 0 Å². The third-order valence-electron chi connectivity index (χ3n) is 2.67. The number of rotatable bonds is 3. The first kappa shape index (κ1) is 10.1. The molecule has 0 aliphatic carbocycles. The minimum atomic E-state index is 0.152. The van der Waals surface area contributed by atoms with Gasteiger partial charge in [-0.05, 0) is 50.5 Å². The summed E-state index contributed by atoms with van der Waals surface area (Å²) in [5.74, 6) is 0. The molecule has 2 heterocycles. The van der Waals surface area contributed by atoms with E-state index in [4.69, 9.17) is 5.73 Å². The summed E-state index contributed by atoms with van der Waals surface area (Å²) in [5, 5.41) is 0. The summed E-state index contributed by atoms with van der Waals surface area (Å²) in [6.07, 6.45) is 2.66. The highest BCUT2D eigenvalue weighted by molar-refractivity contribution is 7.05. The monoisotopic (exact) mass is 211 g/mol. The van der Waals surface area contributed by atoms with Crippen LogP contribution in [-0.2, 0) is 0 Å². The second-order valence-corrected chi connectivity index (χ2v) is 4.82. The molecule has 0 aromatic carbocycles. The Bertz CT molecular complexity index is 291. The fraction of sp³-hybridized carbons (Fsp3) is 0.700. The highest BCUT2D eigenvalue weighted by Gasteiger charge is 2.17. The predicted octanol–water partition coefficient (Wildman–Crippen LogP) is 1.55. The van der Waals surface area contributed by atoms with Crippen molar-refractivity contribution in [3.8, 4) is 0 Å². The van der Waals surface area contributed by atoms with Crippen LogP contribution >= 0.6 is 11.5 Å². The van der Waals surface area contributed by atoms with Crippen molar-refractivity contribution < 1.29 is 0 Å². The predicted molar refractivity (Wildman–Crippen MR) is 59.5 cm³/mol. The van der Waals surface area contributed by atoms with Crippen molar-refractivity contribution >= 4 is 11.5 Å². The van der Waals surface area contributed by atoms with E-state index in [1.54, 1.807) is 0 Å². The van der Waals surface area contributed by atoms with Gasteiger partial charge in [0.15, 0.2) is 0 Å². The van der Waals surface area contributed by atoms with Crippen LogP contribution in [0.1, 0.15) is 29.5 Å². The molecule has 0 spiro atoms. The maximum atomic E-state index is 6.12. The van der Waals surface area contributed by atoms with Crippen LogP contribution in [0.2, 0.25) is 0 Å². The van der Waals surface area contributed by atoms with E-state index in [-0.39, 0.29) is 6.04 Å². The molecule has 14 heavy (non-hydrogen) atoms. The molecule has 0 bridgehead atoms. The zero-order valence-corrected chi connectivity index (χ0v) is 9.39. The van der Waals surface area contributed by atoms with E-state index in [2.05, 4.69) is 15.3 Å². The Hall–Kier alpha value is -0.450. The molecule has 1 aliphatic rings. The number of hydrogen-bond donors (Lipinski definition) is 1. The van der Waals surface area contributed by atoms with Crippen LogP contribution in [0.3, 0.4) is 0 Å². The largest absolute Gasteiger partial charge is 0.322 e. The Balaban J connectivity index is 1.91. The summed E-state index contributed by atoms with van der Waals surface area (Å²) in [4.78, 5) is 3.66. The third kappa shape index (κ3) is 2.32. The summed E-state index contributed by atoms with van der Waals surface area (Å²) >= 11 is 1.54. The number of nitrogens with two attached hydrogens (primary N) is 1. The van der Waals surface area contributed by atoms with Gasteiger partial charge < -0.3 is 10.6 Å². The average molecular weight is 211 g/mol. The van der Waals surface area contributed by atoms with Crippen molar-refractivity contribution in [3.05, 3.63) is 16.6 Å². The van der Waals surface area contributed by atoms with Crippen LogP contribution in [0.15, 0.2) is 6.07 Å². The number of nitrogens with zero attached hydrogens (tertiary/aromatic N) is 2. The maximum absolute atomic E-state index is 6.12. The molecule has 1 unspecified atom stereocenters. The molecular weight excluding hydrogens is 194 g/mol. The Morgan fingerprint density at radius 3 is 2.86 bits per heavy atom. The Kier molecular flexibility index (Phi) is 3.15. The Labute approximate surface area is 89.1 Å². The SMILES string of the molecule is Cc1cc(C(N)CN2CCCC2)sn1. The zero-order chi connectivity index (χ0) is 9.97. The molecular formula is C10H17N3S. The molecule has 1 aromatic heterocycles. The van der Waals surface area contributed by atoms with Gasteiger partial charge >= 0.3 is 0 Å². The van der Waals surface area contributed by atoms with Crippen molar-refractivity contribution in [3.63, 3.8) is 0 Å². The zero-order valence-electron chi connectivity index (χ0n) is 8.57. The molecule has 0 amide bonds. The normalized spacial score (nSPS) is 20.1. The molecule has 3 nitrogen and oxygen atoms in total. The van der Waals surface area contributed by atoms with E-state index in [0.29, 0.717) is 0 Å². The molecule has 0 radical (unpaired) electrons. The second kappa shape index (κ2) is 4.38. The quantitative estimate of drug-likeness (QED) is 0.825. The number of aryl methyl sites for hydroxylation is 1. The summed E-state index contributed by atoms with van der Waals surface area (Å²) in [6.45, 7) is 5.43. The number of hydrogen-bond acceptors (Lipinski definition) is 4. The standard InChI is InChI=1S/C10H17N3S/c1-8-6-10(14-12-8)9(11)7-13-4-2-3-5-13/h6,9H,2-5,7,11H2,1H3. The van der Waals surface area contributed by atoms with E-state index in [1.807, 2.05) is 6.92 Å². The molecule has 1 saturated heterocycles. The molecule has 1 aromatic rings. The van der Waals surface area contributed by atoms with Gasteiger partial charge in [0, 0.05) is 11.4 Å². The van der Waals surface area contributed by atoms with E-state index in [0.717, 1.165) is 12.2 Å². The topological polar surface area (TPSA) is 42.1 Å². The second-order valence-electron chi connectivity index (χ2n) is 3.98. The molecule has 4 heteroatoms. The van der Waals surface area contributed by atoms with Gasteiger partial charge in [-0.3, -0.25) is 0 Å². The van der Waals surface area contributed by atoms with Gasteiger partial charge in [-0.2, -0.15) is 4.37 Å². The highest BCUT2D eigenvalue weighted by atomic mass is 32.1. The average Bonchev–Trinajstić information content (AvgIpc) is 2.75. The van der Waals surface area contributed by atoms with Gasteiger partial charge in [0.05, 0.1) is 11.7 Å². The first-order valence-electron chi connectivity index (χ1n) is 5.17. The van der Waals surface area contributed by atoms with E-state index in [1.165, 1.54) is 42.3 Å². The van der Waals surface area contributed by atoms with E-state index >= 15 is 0 Å². The Morgan fingerprint density at radius 1 is 1.57 bits per heavy atom. The summed E-state index contributed by atoms with van der Waals surface area (Å²) < 4.78 is 4.26. The third-order valence-corrected chi connectivity index (χ3v) is 3.68. The minimum Gasteiger partial charge on any atom is -0.322 e. The summed E-state index contributed by atoms with van der Waals surface area (Å²) in [5.41, 5.74) is 7.20. The number of aromatic nitrogens is 1. The first-order chi connectivity index (χ1) is 6.75. The van der Waals surface area contributed by atoms with Crippen LogP contribution < -0.4 is 5.73 Å². The lowest BCUT2D eigenvalue weighted by atomic mass is 10.2. The van der Waals surface area contributed by atoms with Crippen molar-refractivity contribution in [1.82, 2.24) is 9.27 Å². The fourth-order valence-electron chi connectivity index (χ4n) is 1.89. The van der Waals surface area contributed by atoms with E-state index in [9.17, 15) is 0 Å². The van der Waals surface area contributed by atoms with Crippen molar-refractivity contribution in [2.75, 3.05) is 19.6 Å². The Morgan fingerprint density at radius 2 is 2.29 bits per heavy atom. The van der Waals surface area contributed by atoms with Gasteiger partial charge in [0.25, 0.3) is 0 Å². The van der Waals surface area contributed by atoms with Gasteiger partial charge in [-0.25, -0.2) is 0 Å². The first-order valence-corrected chi connectivity index (χ1v) is 5.94. The fourth-order valence-corrected chi connectivity index (χ4v) is 2.63. The van der Waals surface area contributed by atoms with Crippen LogP contribution in [-0.4, -0.2) is 28.9 Å². The van der Waals surface area contributed by atoms with Crippen molar-refractivity contribution in [2.45, 2.75) is 25.8 Å². The van der Waals surface area contributed by atoms with Crippen LogP contribution in [0.5, 0.6) is 0 Å². The molecule has 1 atom stereocenters. The summed E-state index contributed by atoms with van der Waals surface area (Å²) in [7, 11) is 0. The van der Waals surface area contributed by atoms with Gasteiger partial charge in [-0.15, -0.1) is 0 Å². The lowest BCUT2D eigenvalue weighted by molar-refractivity contribution is 0.317. The van der Waals surface area contributed by atoms with Crippen LogP contribution in [0.4, 0.5) is 0 Å². The highest BCUT2D eigenvalue weighted by Crippen LogP contribution is 2.19. The minimum absolute atomic E-state index is 0.152. The lowest BCUT2D eigenvalue weighted by Gasteiger charge is -2.18. The smallest absolute Gasteiger partial charge is 0.0535 e. The molecule has 1 aliphatic heterocycles. The molecule has 2 N–H and O–H groups in total. The van der Waals surface area contributed by atoms with Crippen LogP contribution in [0.25, 0.3) is 0 Å². The molecule has 2 rings (SSSR count). The van der Waals surface area contributed by atoms with Crippen molar-refractivity contribution in [2.24, 2.45) is 5.73 Å². The molecule has 1 fully saturated rings. The maximum Gasteiger partial charge on any atom is 0.0535 e. The van der Waals surface area contributed by atoms with Crippen molar-refractivity contribution in [1.29, 1.82) is 0 Å². The van der Waals surface area contributed by atoms with Crippen LogP contribution in [0, 0.1) is 6.92 Å². The lowest BCUT2D eigenvalue weighted by Crippen LogP contribution is -2.29. The number of likely N-dealkylation sites (tertiary alicyclic amines) is 1. The summed E-state index contributed by atoms with van der Waals surface area (Å²) in [6, 6.07) is 2.25. The van der Waals surface area contributed by atoms with Gasteiger partial charge in [0.1, 0.15) is 0 Å². The van der Waals surface area contributed by atoms with Gasteiger partial charge in [-0.1, -0.05) is 0 Å². The molecule has 78 valence electrons.